The zero-order valence-corrected chi connectivity index (χ0v) is 21.2. The number of halogens is 2. The molecule has 0 aromatic heterocycles. The second kappa shape index (κ2) is 12.8. The number of anilines is 1. The standard InChI is InChI=1S/C26H24Cl2N4O5/c1-37-26(36)21(13-30-22(33)14-31-24(34)16-8-5-9-18(29)10-16)32-25(35)23-19(27)11-17(12-20(23)28)15-6-3-2-4-7-15/h2-12,21H,13-14,29H2,1H3,(H,30,33)(H,31,34)(H,32,35)/t21-/m0/s1. The zero-order valence-electron chi connectivity index (χ0n) is 19.7. The van der Waals surface area contributed by atoms with Crippen molar-refractivity contribution in [2.45, 2.75) is 6.04 Å². The third-order valence-corrected chi connectivity index (χ3v) is 5.83. The summed E-state index contributed by atoms with van der Waals surface area (Å²) in [7, 11) is 1.14. The van der Waals surface area contributed by atoms with Crippen LogP contribution in [0.4, 0.5) is 5.69 Å². The molecule has 9 nitrogen and oxygen atoms in total. The van der Waals surface area contributed by atoms with E-state index in [9.17, 15) is 19.2 Å². The molecule has 0 spiro atoms. The van der Waals surface area contributed by atoms with Gasteiger partial charge < -0.3 is 26.4 Å². The van der Waals surface area contributed by atoms with Gasteiger partial charge in [-0.3, -0.25) is 14.4 Å². The van der Waals surface area contributed by atoms with Crippen LogP contribution >= 0.6 is 23.2 Å². The molecule has 0 aliphatic carbocycles. The number of hydrogen-bond donors (Lipinski definition) is 4. The summed E-state index contributed by atoms with van der Waals surface area (Å²) in [5, 5.41) is 7.57. The summed E-state index contributed by atoms with van der Waals surface area (Å²) < 4.78 is 4.73. The highest BCUT2D eigenvalue weighted by Crippen LogP contribution is 2.31. The van der Waals surface area contributed by atoms with Crippen LogP contribution in [0.1, 0.15) is 20.7 Å². The molecule has 3 rings (SSSR count). The molecule has 0 aliphatic heterocycles. The number of nitrogens with one attached hydrogen (secondary N) is 3. The van der Waals surface area contributed by atoms with Gasteiger partial charge in [-0.05, 0) is 41.5 Å². The highest BCUT2D eigenvalue weighted by atomic mass is 35.5. The van der Waals surface area contributed by atoms with Gasteiger partial charge in [0.2, 0.25) is 5.91 Å². The van der Waals surface area contributed by atoms with Crippen LogP contribution in [0, 0.1) is 0 Å². The Balaban J connectivity index is 1.63. The number of methoxy groups -OCH3 is 1. The van der Waals surface area contributed by atoms with Gasteiger partial charge in [0.05, 0.1) is 29.3 Å². The number of hydrogen-bond acceptors (Lipinski definition) is 6. The second-order valence-electron chi connectivity index (χ2n) is 7.84. The van der Waals surface area contributed by atoms with Crippen molar-refractivity contribution in [3.63, 3.8) is 0 Å². The number of rotatable bonds is 9. The van der Waals surface area contributed by atoms with Crippen LogP contribution in [-0.2, 0) is 14.3 Å². The molecule has 5 N–H and O–H groups in total. The van der Waals surface area contributed by atoms with Gasteiger partial charge in [-0.25, -0.2) is 4.79 Å². The van der Waals surface area contributed by atoms with Gasteiger partial charge in [0.15, 0.2) is 0 Å². The van der Waals surface area contributed by atoms with Crippen LogP contribution in [0.2, 0.25) is 10.0 Å². The maximum absolute atomic E-state index is 12.9. The molecule has 0 saturated carbocycles. The fourth-order valence-electron chi connectivity index (χ4n) is 3.37. The van der Waals surface area contributed by atoms with Crippen LogP contribution in [-0.4, -0.2) is 49.9 Å². The average molecular weight is 543 g/mol. The number of nitrogen functional groups attached to an aromatic ring is 1. The molecule has 3 aromatic carbocycles. The third-order valence-electron chi connectivity index (χ3n) is 5.23. The van der Waals surface area contributed by atoms with Crippen LogP contribution in [0.5, 0.6) is 0 Å². The molecule has 0 bridgehead atoms. The predicted molar refractivity (Wildman–Crippen MR) is 141 cm³/mol. The third kappa shape index (κ3) is 7.45. The summed E-state index contributed by atoms with van der Waals surface area (Å²) in [6.07, 6.45) is 0. The number of nitrogens with two attached hydrogens (primary N) is 1. The first-order valence-corrected chi connectivity index (χ1v) is 11.8. The molecule has 11 heteroatoms. The molecule has 0 aliphatic rings. The minimum absolute atomic E-state index is 0.0300. The van der Waals surface area contributed by atoms with Crippen molar-refractivity contribution in [3.8, 4) is 11.1 Å². The van der Waals surface area contributed by atoms with E-state index >= 15 is 0 Å². The average Bonchev–Trinajstić information content (AvgIpc) is 2.89. The molecule has 3 aromatic rings. The molecule has 3 amide bonds. The predicted octanol–water partition coefficient (Wildman–Crippen LogP) is 3.06. The fourth-order valence-corrected chi connectivity index (χ4v) is 4.03. The van der Waals surface area contributed by atoms with Crippen molar-refractivity contribution in [3.05, 3.63) is 87.9 Å². The van der Waals surface area contributed by atoms with E-state index in [-0.39, 0.29) is 28.7 Å². The summed E-state index contributed by atoms with van der Waals surface area (Å²) in [6.45, 7) is -0.670. The van der Waals surface area contributed by atoms with Crippen LogP contribution in [0.25, 0.3) is 11.1 Å². The summed E-state index contributed by atoms with van der Waals surface area (Å²) in [6, 6.07) is 17.5. The Bertz CT molecular complexity index is 1290. The molecule has 1 atom stereocenters. The molecule has 37 heavy (non-hydrogen) atoms. The van der Waals surface area contributed by atoms with E-state index in [4.69, 9.17) is 33.7 Å². The molecular weight excluding hydrogens is 519 g/mol. The van der Waals surface area contributed by atoms with Gasteiger partial charge in [0.1, 0.15) is 6.04 Å². The van der Waals surface area contributed by atoms with Crippen molar-refractivity contribution >= 4 is 52.6 Å². The monoisotopic (exact) mass is 542 g/mol. The van der Waals surface area contributed by atoms with Crippen LogP contribution in [0.15, 0.2) is 66.7 Å². The summed E-state index contributed by atoms with van der Waals surface area (Å²) in [4.78, 5) is 49.6. The second-order valence-corrected chi connectivity index (χ2v) is 8.66. The number of benzene rings is 3. The van der Waals surface area contributed by atoms with Crippen molar-refractivity contribution in [1.82, 2.24) is 16.0 Å². The first-order chi connectivity index (χ1) is 17.7. The largest absolute Gasteiger partial charge is 0.467 e. The van der Waals surface area contributed by atoms with Gasteiger partial charge in [-0.1, -0.05) is 59.6 Å². The number of amides is 3. The highest BCUT2D eigenvalue weighted by Gasteiger charge is 2.25. The van der Waals surface area contributed by atoms with E-state index in [1.807, 2.05) is 30.3 Å². The molecule has 0 heterocycles. The molecule has 0 radical (unpaired) electrons. The lowest BCUT2D eigenvalue weighted by atomic mass is 10.0. The maximum Gasteiger partial charge on any atom is 0.330 e. The molecule has 0 unspecified atom stereocenters. The Morgan fingerprint density at radius 2 is 1.54 bits per heavy atom. The smallest absolute Gasteiger partial charge is 0.330 e. The van der Waals surface area contributed by atoms with Gasteiger partial charge in [-0.15, -0.1) is 0 Å². The maximum atomic E-state index is 12.9. The Labute approximate surface area is 223 Å². The van der Waals surface area contributed by atoms with E-state index in [1.54, 1.807) is 30.3 Å². The molecule has 0 saturated heterocycles. The van der Waals surface area contributed by atoms with E-state index in [1.165, 1.54) is 6.07 Å². The lowest BCUT2D eigenvalue weighted by Crippen LogP contribution is -2.50. The first-order valence-electron chi connectivity index (χ1n) is 11.0. The Morgan fingerprint density at radius 1 is 0.865 bits per heavy atom. The summed E-state index contributed by atoms with van der Waals surface area (Å²) >= 11 is 12.7. The van der Waals surface area contributed by atoms with Crippen molar-refractivity contribution in [2.75, 3.05) is 25.9 Å². The SMILES string of the molecule is COC(=O)[C@H](CNC(=O)CNC(=O)c1cccc(N)c1)NC(=O)c1c(Cl)cc(-c2ccccc2)cc1Cl. The van der Waals surface area contributed by atoms with Gasteiger partial charge in [0, 0.05) is 17.8 Å². The molecule has 192 valence electrons. The Kier molecular flexibility index (Phi) is 9.48. The van der Waals surface area contributed by atoms with E-state index in [0.29, 0.717) is 16.8 Å². The van der Waals surface area contributed by atoms with Gasteiger partial charge in [0.25, 0.3) is 11.8 Å². The lowest BCUT2D eigenvalue weighted by Gasteiger charge is -2.18. The van der Waals surface area contributed by atoms with Gasteiger partial charge in [-0.2, -0.15) is 0 Å². The number of carbonyl (C=O) groups is 4. The van der Waals surface area contributed by atoms with Crippen molar-refractivity contribution in [2.24, 2.45) is 0 Å². The quantitative estimate of drug-likeness (QED) is 0.242. The first kappa shape index (κ1) is 27.5. The zero-order chi connectivity index (χ0) is 26.9. The van der Waals surface area contributed by atoms with E-state index < -0.39 is 29.7 Å². The van der Waals surface area contributed by atoms with Crippen LogP contribution < -0.4 is 21.7 Å². The summed E-state index contributed by atoms with van der Waals surface area (Å²) in [5.74, 6) is -2.62. The van der Waals surface area contributed by atoms with Crippen LogP contribution in [0.3, 0.4) is 0 Å². The minimum Gasteiger partial charge on any atom is -0.467 e. The van der Waals surface area contributed by atoms with Crippen molar-refractivity contribution in [1.29, 1.82) is 0 Å². The molecule has 0 fully saturated rings. The van der Waals surface area contributed by atoms with E-state index in [0.717, 1.165) is 12.7 Å². The lowest BCUT2D eigenvalue weighted by molar-refractivity contribution is -0.142. The number of carbonyl (C=O) groups excluding carboxylic acids is 4. The van der Waals surface area contributed by atoms with Gasteiger partial charge >= 0.3 is 5.97 Å². The fraction of sp³-hybridized carbons (Fsp3) is 0.154. The Hall–Kier alpha value is -4.08. The normalized spacial score (nSPS) is 11.2. The minimum atomic E-state index is -1.24. The topological polar surface area (TPSA) is 140 Å². The highest BCUT2D eigenvalue weighted by molar-refractivity contribution is 6.40. The summed E-state index contributed by atoms with van der Waals surface area (Å²) in [5.41, 5.74) is 7.89. The Morgan fingerprint density at radius 3 is 2.16 bits per heavy atom. The number of ether oxygens (including phenoxy) is 1. The van der Waals surface area contributed by atoms with E-state index in [2.05, 4.69) is 16.0 Å². The molecular formula is C26H24Cl2N4O5. The number of esters is 1. The van der Waals surface area contributed by atoms with Crippen molar-refractivity contribution < 1.29 is 23.9 Å².